The number of carbonyl (C=O) groups is 1. The summed E-state index contributed by atoms with van der Waals surface area (Å²) in [6.45, 7) is 4.25. The molecule has 0 aromatic carbocycles. The van der Waals surface area contributed by atoms with E-state index in [0.29, 0.717) is 11.3 Å². The highest BCUT2D eigenvalue weighted by atomic mass is 16.5. The predicted molar refractivity (Wildman–Crippen MR) is 61.9 cm³/mol. The SMILES string of the molecule is COC[C@@H]1CN(C(=O)[C@@H](C)N)CC12CCC2. The molecule has 1 spiro atoms. The Morgan fingerprint density at radius 2 is 2.31 bits per heavy atom. The summed E-state index contributed by atoms with van der Waals surface area (Å²) in [5.74, 6) is 0.596. The zero-order valence-electron chi connectivity index (χ0n) is 10.2. The Morgan fingerprint density at radius 1 is 1.62 bits per heavy atom. The highest BCUT2D eigenvalue weighted by molar-refractivity contribution is 5.81. The van der Waals surface area contributed by atoms with E-state index >= 15 is 0 Å². The highest BCUT2D eigenvalue weighted by Crippen LogP contribution is 2.51. The van der Waals surface area contributed by atoms with Gasteiger partial charge in [0.2, 0.25) is 5.91 Å². The fourth-order valence-electron chi connectivity index (χ4n) is 3.12. The van der Waals surface area contributed by atoms with Crippen molar-refractivity contribution in [1.29, 1.82) is 0 Å². The maximum atomic E-state index is 11.9. The van der Waals surface area contributed by atoms with E-state index in [9.17, 15) is 4.79 Å². The van der Waals surface area contributed by atoms with E-state index in [0.717, 1.165) is 19.7 Å². The molecule has 2 rings (SSSR count). The third-order valence-corrected chi connectivity index (χ3v) is 4.23. The topological polar surface area (TPSA) is 55.6 Å². The number of methoxy groups -OCH3 is 1. The van der Waals surface area contributed by atoms with Gasteiger partial charge in [-0.3, -0.25) is 4.79 Å². The number of nitrogens with zero attached hydrogens (tertiary/aromatic N) is 1. The molecule has 2 aliphatic rings. The van der Waals surface area contributed by atoms with Gasteiger partial charge in [0.25, 0.3) is 0 Å². The quantitative estimate of drug-likeness (QED) is 0.767. The Labute approximate surface area is 97.1 Å². The number of hydrogen-bond acceptors (Lipinski definition) is 3. The molecule has 16 heavy (non-hydrogen) atoms. The number of nitrogens with two attached hydrogens (primary N) is 1. The lowest BCUT2D eigenvalue weighted by Gasteiger charge is -2.42. The summed E-state index contributed by atoms with van der Waals surface area (Å²) >= 11 is 0. The van der Waals surface area contributed by atoms with Crippen molar-refractivity contribution < 1.29 is 9.53 Å². The number of amides is 1. The average molecular weight is 226 g/mol. The van der Waals surface area contributed by atoms with E-state index in [1.165, 1.54) is 19.3 Å². The Balaban J connectivity index is 2.03. The summed E-state index contributed by atoms with van der Waals surface area (Å²) in [6, 6.07) is -0.376. The van der Waals surface area contributed by atoms with E-state index < -0.39 is 0 Å². The minimum absolute atomic E-state index is 0.0879. The van der Waals surface area contributed by atoms with E-state index in [1.54, 1.807) is 14.0 Å². The van der Waals surface area contributed by atoms with Gasteiger partial charge in [-0.2, -0.15) is 0 Å². The summed E-state index contributed by atoms with van der Waals surface area (Å²) in [5.41, 5.74) is 6.01. The van der Waals surface area contributed by atoms with Crippen molar-refractivity contribution in [3.05, 3.63) is 0 Å². The van der Waals surface area contributed by atoms with Gasteiger partial charge in [0, 0.05) is 26.1 Å². The van der Waals surface area contributed by atoms with Crippen LogP contribution in [-0.2, 0) is 9.53 Å². The Morgan fingerprint density at radius 3 is 2.75 bits per heavy atom. The number of ether oxygens (including phenoxy) is 1. The van der Waals surface area contributed by atoms with Crippen LogP contribution in [0, 0.1) is 11.3 Å². The van der Waals surface area contributed by atoms with Gasteiger partial charge in [-0.05, 0) is 25.2 Å². The minimum Gasteiger partial charge on any atom is -0.384 e. The van der Waals surface area contributed by atoms with Gasteiger partial charge < -0.3 is 15.4 Å². The van der Waals surface area contributed by atoms with Crippen LogP contribution in [0.4, 0.5) is 0 Å². The first-order chi connectivity index (χ1) is 7.59. The van der Waals surface area contributed by atoms with Crippen molar-refractivity contribution in [3.8, 4) is 0 Å². The molecule has 0 unspecified atom stereocenters. The largest absolute Gasteiger partial charge is 0.384 e. The fraction of sp³-hybridized carbons (Fsp3) is 0.917. The first-order valence-electron chi connectivity index (χ1n) is 6.12. The Hall–Kier alpha value is -0.610. The molecular weight excluding hydrogens is 204 g/mol. The predicted octanol–water partition coefficient (Wildman–Crippen LogP) is 0.609. The first-order valence-corrected chi connectivity index (χ1v) is 6.12. The second-order valence-electron chi connectivity index (χ2n) is 5.38. The molecule has 92 valence electrons. The molecule has 1 amide bonds. The first kappa shape index (κ1) is 11.9. The summed E-state index contributed by atoms with van der Waals surface area (Å²) in [7, 11) is 1.74. The zero-order chi connectivity index (χ0) is 11.8. The molecule has 2 N–H and O–H groups in total. The van der Waals surface area contributed by atoms with Gasteiger partial charge in [0.1, 0.15) is 0 Å². The molecule has 0 radical (unpaired) electrons. The zero-order valence-corrected chi connectivity index (χ0v) is 10.2. The molecule has 1 aliphatic heterocycles. The van der Waals surface area contributed by atoms with Crippen LogP contribution in [0.5, 0.6) is 0 Å². The van der Waals surface area contributed by atoms with Gasteiger partial charge in [0.15, 0.2) is 0 Å². The van der Waals surface area contributed by atoms with Crippen LogP contribution in [0.1, 0.15) is 26.2 Å². The van der Waals surface area contributed by atoms with Crippen molar-refractivity contribution in [2.24, 2.45) is 17.1 Å². The fourth-order valence-corrected chi connectivity index (χ4v) is 3.12. The van der Waals surface area contributed by atoms with E-state index in [1.807, 2.05) is 4.90 Å². The molecule has 0 bridgehead atoms. The molecule has 4 heteroatoms. The summed E-state index contributed by atoms with van der Waals surface area (Å²) < 4.78 is 5.28. The average Bonchev–Trinajstić information content (AvgIpc) is 2.56. The summed E-state index contributed by atoms with van der Waals surface area (Å²) in [4.78, 5) is 13.8. The summed E-state index contributed by atoms with van der Waals surface area (Å²) in [5, 5.41) is 0. The number of rotatable bonds is 3. The molecule has 1 heterocycles. The lowest BCUT2D eigenvalue weighted by Crippen LogP contribution is -2.43. The molecule has 1 saturated heterocycles. The molecule has 2 fully saturated rings. The van der Waals surface area contributed by atoms with E-state index in [4.69, 9.17) is 10.5 Å². The molecule has 1 aliphatic carbocycles. The lowest BCUT2D eigenvalue weighted by atomic mass is 9.63. The number of likely N-dealkylation sites (tertiary alicyclic amines) is 1. The van der Waals surface area contributed by atoms with Gasteiger partial charge in [-0.15, -0.1) is 0 Å². The van der Waals surface area contributed by atoms with Gasteiger partial charge in [-0.1, -0.05) is 6.42 Å². The third kappa shape index (κ3) is 1.84. The van der Waals surface area contributed by atoms with Crippen molar-refractivity contribution >= 4 is 5.91 Å². The molecule has 0 aromatic heterocycles. The second kappa shape index (κ2) is 4.34. The minimum atomic E-state index is -0.376. The molecule has 0 aromatic rings. The molecule has 2 atom stereocenters. The van der Waals surface area contributed by atoms with Crippen molar-refractivity contribution in [1.82, 2.24) is 4.90 Å². The van der Waals surface area contributed by atoms with E-state index in [-0.39, 0.29) is 11.9 Å². The maximum Gasteiger partial charge on any atom is 0.239 e. The van der Waals surface area contributed by atoms with Gasteiger partial charge in [-0.25, -0.2) is 0 Å². The standard InChI is InChI=1S/C12H22N2O2/c1-9(13)11(15)14-6-10(7-16-2)12(8-14)4-3-5-12/h9-10H,3-8,13H2,1-2H3/t9-,10+/m1/s1. The van der Waals surface area contributed by atoms with Crippen LogP contribution in [0.3, 0.4) is 0 Å². The Kier molecular flexibility index (Phi) is 3.22. The van der Waals surface area contributed by atoms with Gasteiger partial charge in [0.05, 0.1) is 12.6 Å². The van der Waals surface area contributed by atoms with Gasteiger partial charge >= 0.3 is 0 Å². The van der Waals surface area contributed by atoms with Crippen LogP contribution < -0.4 is 5.73 Å². The lowest BCUT2D eigenvalue weighted by molar-refractivity contribution is -0.131. The summed E-state index contributed by atoms with van der Waals surface area (Å²) in [6.07, 6.45) is 3.77. The Bertz CT molecular complexity index is 274. The van der Waals surface area contributed by atoms with Crippen LogP contribution in [0.15, 0.2) is 0 Å². The molecule has 1 saturated carbocycles. The van der Waals surface area contributed by atoms with Crippen LogP contribution in [0.25, 0.3) is 0 Å². The smallest absolute Gasteiger partial charge is 0.239 e. The molecule has 4 nitrogen and oxygen atoms in total. The van der Waals surface area contributed by atoms with E-state index in [2.05, 4.69) is 0 Å². The van der Waals surface area contributed by atoms with Crippen molar-refractivity contribution in [2.75, 3.05) is 26.8 Å². The highest BCUT2D eigenvalue weighted by Gasteiger charge is 2.51. The monoisotopic (exact) mass is 226 g/mol. The number of carbonyl (C=O) groups excluding carboxylic acids is 1. The van der Waals surface area contributed by atoms with Crippen LogP contribution in [-0.4, -0.2) is 43.7 Å². The van der Waals surface area contributed by atoms with Crippen LogP contribution in [0.2, 0.25) is 0 Å². The maximum absolute atomic E-state index is 11.9. The van der Waals surface area contributed by atoms with Crippen molar-refractivity contribution in [2.45, 2.75) is 32.2 Å². The number of hydrogen-bond donors (Lipinski definition) is 1. The third-order valence-electron chi connectivity index (χ3n) is 4.23. The molecular formula is C12H22N2O2. The van der Waals surface area contributed by atoms with Crippen molar-refractivity contribution in [3.63, 3.8) is 0 Å². The normalized spacial score (nSPS) is 29.2. The van der Waals surface area contributed by atoms with Crippen LogP contribution >= 0.6 is 0 Å². The second-order valence-corrected chi connectivity index (χ2v) is 5.38.